The van der Waals surface area contributed by atoms with E-state index in [1.165, 1.54) is 12.8 Å². The maximum atomic E-state index is 12.5. The van der Waals surface area contributed by atoms with Gasteiger partial charge in [-0.3, -0.25) is 4.79 Å². The third-order valence-corrected chi connectivity index (χ3v) is 5.24. The van der Waals surface area contributed by atoms with Gasteiger partial charge in [0.05, 0.1) is 5.92 Å². The fraction of sp³-hybridized carbons (Fsp3) is 0.400. The van der Waals surface area contributed by atoms with Crippen LogP contribution in [0.5, 0.6) is 5.75 Å². The second-order valence-electron chi connectivity index (χ2n) is 6.90. The van der Waals surface area contributed by atoms with E-state index < -0.39 is 0 Å². The number of benzene rings is 1. The molecular formula is C20H22ClN3O2. The average Bonchev–Trinajstić information content (AvgIpc) is 3.20. The van der Waals surface area contributed by atoms with Crippen molar-refractivity contribution in [3.63, 3.8) is 0 Å². The van der Waals surface area contributed by atoms with Crippen molar-refractivity contribution >= 4 is 23.3 Å². The zero-order valence-corrected chi connectivity index (χ0v) is 15.3. The number of ether oxygens (including phenoxy) is 1. The number of nitrogens with zero attached hydrogens (tertiary/aromatic N) is 2. The highest BCUT2D eigenvalue weighted by Gasteiger charge is 2.26. The normalized spacial score (nSPS) is 19.0. The van der Waals surface area contributed by atoms with Crippen molar-refractivity contribution in [1.82, 2.24) is 10.3 Å². The Balaban J connectivity index is 1.32. The lowest BCUT2D eigenvalue weighted by atomic mass is 9.96. The zero-order valence-electron chi connectivity index (χ0n) is 14.6. The summed E-state index contributed by atoms with van der Waals surface area (Å²) in [6.07, 6.45) is 4.96. The topological polar surface area (TPSA) is 54.5 Å². The maximum Gasteiger partial charge on any atom is 0.227 e. The smallest absolute Gasteiger partial charge is 0.227 e. The van der Waals surface area contributed by atoms with Crippen LogP contribution in [0.25, 0.3) is 0 Å². The monoisotopic (exact) mass is 371 g/mol. The van der Waals surface area contributed by atoms with Crippen molar-refractivity contribution in [3.8, 4) is 5.75 Å². The Morgan fingerprint density at radius 2 is 2.12 bits per heavy atom. The molecule has 1 aromatic carbocycles. The molecule has 5 nitrogen and oxygen atoms in total. The van der Waals surface area contributed by atoms with Gasteiger partial charge in [-0.1, -0.05) is 17.7 Å². The Labute approximate surface area is 158 Å². The van der Waals surface area contributed by atoms with E-state index in [4.69, 9.17) is 16.3 Å². The molecule has 2 aliphatic heterocycles. The highest BCUT2D eigenvalue weighted by atomic mass is 35.5. The molecule has 1 N–H and O–H groups in total. The highest BCUT2D eigenvalue weighted by molar-refractivity contribution is 6.30. The second-order valence-corrected chi connectivity index (χ2v) is 7.34. The summed E-state index contributed by atoms with van der Waals surface area (Å²) >= 11 is 6.04. The zero-order chi connectivity index (χ0) is 17.9. The molecule has 6 heteroatoms. The quantitative estimate of drug-likeness (QED) is 0.896. The number of rotatable bonds is 4. The summed E-state index contributed by atoms with van der Waals surface area (Å²) in [6, 6.07) is 9.61. The lowest BCUT2D eigenvalue weighted by molar-refractivity contribution is -0.126. The van der Waals surface area contributed by atoms with Gasteiger partial charge in [0.2, 0.25) is 5.91 Å². The molecule has 136 valence electrons. The van der Waals surface area contributed by atoms with Crippen LogP contribution in [-0.2, 0) is 17.8 Å². The standard InChI is InChI=1S/C20H22ClN3O2/c21-17-4-5-18-15(10-17)9-16(13-26-18)20(25)23-12-14-3-6-19(22-11-14)24-7-1-2-8-24/h3-6,10-11,16H,1-2,7-9,12-13H2,(H,23,25). The Morgan fingerprint density at radius 1 is 1.27 bits per heavy atom. The van der Waals surface area contributed by atoms with E-state index >= 15 is 0 Å². The minimum atomic E-state index is -0.196. The Morgan fingerprint density at radius 3 is 2.88 bits per heavy atom. The van der Waals surface area contributed by atoms with Crippen molar-refractivity contribution in [2.24, 2.45) is 5.92 Å². The summed E-state index contributed by atoms with van der Waals surface area (Å²) in [7, 11) is 0. The molecular weight excluding hydrogens is 350 g/mol. The van der Waals surface area contributed by atoms with E-state index in [-0.39, 0.29) is 11.8 Å². The van der Waals surface area contributed by atoms with E-state index in [1.54, 1.807) is 6.07 Å². The van der Waals surface area contributed by atoms with Crippen molar-refractivity contribution in [1.29, 1.82) is 0 Å². The molecule has 0 bridgehead atoms. The van der Waals surface area contributed by atoms with E-state index in [9.17, 15) is 4.79 Å². The third kappa shape index (κ3) is 3.78. The Hall–Kier alpha value is -2.27. The van der Waals surface area contributed by atoms with E-state index in [2.05, 4.69) is 15.2 Å². The van der Waals surface area contributed by atoms with Gasteiger partial charge in [0, 0.05) is 30.9 Å². The van der Waals surface area contributed by atoms with Gasteiger partial charge >= 0.3 is 0 Å². The van der Waals surface area contributed by atoms with Gasteiger partial charge in [-0.25, -0.2) is 4.98 Å². The largest absolute Gasteiger partial charge is 0.492 e. The molecule has 1 aromatic heterocycles. The predicted octanol–water partition coefficient (Wildman–Crippen LogP) is 3.20. The first-order chi connectivity index (χ1) is 12.7. The predicted molar refractivity (Wildman–Crippen MR) is 102 cm³/mol. The fourth-order valence-corrected chi connectivity index (χ4v) is 3.71. The van der Waals surface area contributed by atoms with Crippen molar-refractivity contribution in [2.75, 3.05) is 24.6 Å². The number of hydrogen-bond acceptors (Lipinski definition) is 4. The third-order valence-electron chi connectivity index (χ3n) is 5.01. The van der Waals surface area contributed by atoms with Crippen LogP contribution >= 0.6 is 11.6 Å². The maximum absolute atomic E-state index is 12.5. The van der Waals surface area contributed by atoms with Crippen molar-refractivity contribution in [3.05, 3.63) is 52.7 Å². The first-order valence-electron chi connectivity index (χ1n) is 9.08. The van der Waals surface area contributed by atoms with Crippen LogP contribution in [0.4, 0.5) is 5.82 Å². The van der Waals surface area contributed by atoms with Gasteiger partial charge in [0.15, 0.2) is 0 Å². The van der Waals surface area contributed by atoms with E-state index in [0.29, 0.717) is 24.6 Å². The molecule has 0 saturated carbocycles. The lowest BCUT2D eigenvalue weighted by Crippen LogP contribution is -2.37. The van der Waals surface area contributed by atoms with Crippen LogP contribution < -0.4 is 15.0 Å². The summed E-state index contributed by atoms with van der Waals surface area (Å²) in [5.41, 5.74) is 1.99. The minimum absolute atomic E-state index is 0.000699. The second kappa shape index (κ2) is 7.54. The number of hydrogen-bond donors (Lipinski definition) is 1. The number of pyridine rings is 1. The molecule has 1 saturated heterocycles. The average molecular weight is 372 g/mol. The summed E-state index contributed by atoms with van der Waals surface area (Å²) in [5, 5.41) is 3.66. The first kappa shape index (κ1) is 17.2. The van der Waals surface area contributed by atoms with Crippen LogP contribution in [0.1, 0.15) is 24.0 Å². The first-order valence-corrected chi connectivity index (χ1v) is 9.45. The van der Waals surface area contributed by atoms with Crippen LogP contribution in [-0.4, -0.2) is 30.6 Å². The van der Waals surface area contributed by atoms with Gasteiger partial charge in [-0.2, -0.15) is 0 Å². The van der Waals surface area contributed by atoms with Gasteiger partial charge in [-0.15, -0.1) is 0 Å². The molecule has 1 unspecified atom stereocenters. The summed E-state index contributed by atoms with van der Waals surface area (Å²) in [6.45, 7) is 3.03. The van der Waals surface area contributed by atoms with E-state index in [0.717, 1.165) is 35.8 Å². The molecule has 0 radical (unpaired) electrons. The Kier molecular flexibility index (Phi) is 4.98. The minimum Gasteiger partial charge on any atom is -0.492 e. The molecule has 0 aliphatic carbocycles. The Bertz CT molecular complexity index is 788. The molecule has 2 aliphatic rings. The summed E-state index contributed by atoms with van der Waals surface area (Å²) in [4.78, 5) is 19.3. The lowest BCUT2D eigenvalue weighted by Gasteiger charge is -2.24. The molecule has 0 spiro atoms. The molecule has 4 rings (SSSR count). The molecule has 26 heavy (non-hydrogen) atoms. The number of anilines is 1. The number of carbonyl (C=O) groups excluding carboxylic acids is 1. The van der Waals surface area contributed by atoms with Crippen LogP contribution in [0.3, 0.4) is 0 Å². The van der Waals surface area contributed by atoms with Crippen LogP contribution in [0.15, 0.2) is 36.5 Å². The summed E-state index contributed by atoms with van der Waals surface area (Å²) in [5.74, 6) is 1.64. The van der Waals surface area contributed by atoms with Crippen molar-refractivity contribution < 1.29 is 9.53 Å². The number of halogens is 1. The highest BCUT2D eigenvalue weighted by Crippen LogP contribution is 2.29. The van der Waals surface area contributed by atoms with E-state index in [1.807, 2.05) is 30.5 Å². The molecule has 3 heterocycles. The molecule has 1 fully saturated rings. The fourth-order valence-electron chi connectivity index (χ4n) is 3.52. The van der Waals surface area contributed by atoms with Gasteiger partial charge < -0.3 is 15.0 Å². The molecule has 1 atom stereocenters. The molecule has 1 amide bonds. The molecule has 2 aromatic rings. The van der Waals surface area contributed by atoms with Crippen molar-refractivity contribution in [2.45, 2.75) is 25.8 Å². The number of nitrogens with one attached hydrogen (secondary N) is 1. The number of amides is 1. The van der Waals surface area contributed by atoms with Gasteiger partial charge in [0.1, 0.15) is 18.2 Å². The number of fused-ring (bicyclic) bond motifs is 1. The number of aromatic nitrogens is 1. The SMILES string of the molecule is O=C(NCc1ccc(N2CCCC2)nc1)C1COc2ccc(Cl)cc2C1. The van der Waals surface area contributed by atoms with Crippen LogP contribution in [0.2, 0.25) is 5.02 Å². The van der Waals surface area contributed by atoms with Gasteiger partial charge in [0.25, 0.3) is 0 Å². The summed E-state index contributed by atoms with van der Waals surface area (Å²) < 4.78 is 5.70. The number of carbonyl (C=O) groups is 1. The van der Waals surface area contributed by atoms with Gasteiger partial charge in [-0.05, 0) is 54.7 Å². The van der Waals surface area contributed by atoms with Crippen LogP contribution in [0, 0.1) is 5.92 Å².